The summed E-state index contributed by atoms with van der Waals surface area (Å²) in [5.74, 6) is 0.671. The standard InChI is InChI=1S/C12H20N2O2/c1-9-7-14(8-10(9)5-6-13)11(15)16-12(2,3)4/h9-10H,5,7-8H2,1-4H3/t9-,10+/m0/s1. The minimum absolute atomic E-state index is 0.264. The average Bonchev–Trinajstić information content (AvgIpc) is 2.46. The first-order valence-electron chi connectivity index (χ1n) is 5.68. The lowest BCUT2D eigenvalue weighted by Crippen LogP contribution is -2.35. The summed E-state index contributed by atoms with van der Waals surface area (Å²) in [4.78, 5) is 13.5. The minimum atomic E-state index is -0.451. The lowest BCUT2D eigenvalue weighted by molar-refractivity contribution is 0.0285. The number of hydrogen-bond donors (Lipinski definition) is 0. The van der Waals surface area contributed by atoms with Crippen molar-refractivity contribution >= 4 is 6.09 Å². The molecule has 1 heterocycles. The molecule has 0 bridgehead atoms. The lowest BCUT2D eigenvalue weighted by atomic mass is 9.96. The van der Waals surface area contributed by atoms with Gasteiger partial charge in [0.15, 0.2) is 0 Å². The van der Waals surface area contributed by atoms with Crippen molar-refractivity contribution in [3.8, 4) is 6.07 Å². The Morgan fingerprint density at radius 2 is 2.12 bits per heavy atom. The van der Waals surface area contributed by atoms with Gasteiger partial charge in [-0.2, -0.15) is 5.26 Å². The number of rotatable bonds is 1. The van der Waals surface area contributed by atoms with Crippen LogP contribution in [-0.4, -0.2) is 29.7 Å². The summed E-state index contributed by atoms with van der Waals surface area (Å²) >= 11 is 0. The number of likely N-dealkylation sites (tertiary alicyclic amines) is 1. The molecule has 0 unspecified atom stereocenters. The highest BCUT2D eigenvalue weighted by Gasteiger charge is 2.34. The zero-order chi connectivity index (χ0) is 12.3. The first kappa shape index (κ1) is 12.8. The molecule has 1 amide bonds. The number of hydrogen-bond acceptors (Lipinski definition) is 3. The summed E-state index contributed by atoms with van der Waals surface area (Å²) in [7, 11) is 0. The second-order valence-corrected chi connectivity index (χ2v) is 5.48. The molecule has 1 saturated heterocycles. The molecule has 0 aromatic heterocycles. The maximum absolute atomic E-state index is 11.8. The van der Waals surface area contributed by atoms with E-state index in [4.69, 9.17) is 10.00 Å². The lowest BCUT2D eigenvalue weighted by Gasteiger charge is -2.24. The van der Waals surface area contributed by atoms with Crippen LogP contribution in [0.3, 0.4) is 0 Å². The van der Waals surface area contributed by atoms with Gasteiger partial charge < -0.3 is 9.64 Å². The Hall–Kier alpha value is -1.24. The van der Waals surface area contributed by atoms with Crippen molar-refractivity contribution in [3.63, 3.8) is 0 Å². The van der Waals surface area contributed by atoms with Gasteiger partial charge in [-0.1, -0.05) is 6.92 Å². The maximum Gasteiger partial charge on any atom is 0.410 e. The van der Waals surface area contributed by atoms with E-state index in [-0.39, 0.29) is 12.0 Å². The van der Waals surface area contributed by atoms with Gasteiger partial charge in [0.2, 0.25) is 0 Å². The third-order valence-corrected chi connectivity index (χ3v) is 2.77. The van der Waals surface area contributed by atoms with Crippen LogP contribution in [0.25, 0.3) is 0 Å². The molecule has 0 spiro atoms. The van der Waals surface area contributed by atoms with Crippen LogP contribution in [0.5, 0.6) is 0 Å². The molecule has 0 aromatic carbocycles. The quantitative estimate of drug-likeness (QED) is 0.687. The average molecular weight is 224 g/mol. The van der Waals surface area contributed by atoms with E-state index in [1.165, 1.54) is 0 Å². The second kappa shape index (κ2) is 4.73. The highest BCUT2D eigenvalue weighted by atomic mass is 16.6. The van der Waals surface area contributed by atoms with Crippen molar-refractivity contribution in [3.05, 3.63) is 0 Å². The normalized spacial score (nSPS) is 25.3. The summed E-state index contributed by atoms with van der Waals surface area (Å²) in [6, 6.07) is 2.17. The number of carbonyl (C=O) groups excluding carboxylic acids is 1. The fraction of sp³-hybridized carbons (Fsp3) is 0.833. The smallest absolute Gasteiger partial charge is 0.410 e. The Bertz CT molecular complexity index is 301. The molecule has 1 aliphatic rings. The molecule has 0 saturated carbocycles. The van der Waals surface area contributed by atoms with Crippen LogP contribution in [0.2, 0.25) is 0 Å². The van der Waals surface area contributed by atoms with Gasteiger partial charge in [0, 0.05) is 19.5 Å². The Balaban J connectivity index is 2.52. The molecule has 0 N–H and O–H groups in total. The molecular weight excluding hydrogens is 204 g/mol. The molecule has 16 heavy (non-hydrogen) atoms. The van der Waals surface area contributed by atoms with Crippen LogP contribution >= 0.6 is 0 Å². The van der Waals surface area contributed by atoms with Crippen LogP contribution < -0.4 is 0 Å². The monoisotopic (exact) mass is 224 g/mol. The van der Waals surface area contributed by atoms with E-state index in [0.29, 0.717) is 25.4 Å². The van der Waals surface area contributed by atoms with Gasteiger partial charge in [-0.05, 0) is 32.6 Å². The van der Waals surface area contributed by atoms with Crippen molar-refractivity contribution in [1.29, 1.82) is 5.26 Å². The van der Waals surface area contributed by atoms with Crippen molar-refractivity contribution in [2.75, 3.05) is 13.1 Å². The van der Waals surface area contributed by atoms with E-state index >= 15 is 0 Å². The highest BCUT2D eigenvalue weighted by Crippen LogP contribution is 2.26. The van der Waals surface area contributed by atoms with Gasteiger partial charge in [0.05, 0.1) is 6.07 Å². The van der Waals surface area contributed by atoms with Gasteiger partial charge in [0.25, 0.3) is 0 Å². The van der Waals surface area contributed by atoms with Crippen LogP contribution in [0, 0.1) is 23.2 Å². The molecule has 4 heteroatoms. The van der Waals surface area contributed by atoms with Gasteiger partial charge in [0.1, 0.15) is 5.60 Å². The summed E-state index contributed by atoms with van der Waals surface area (Å²) in [5.41, 5.74) is -0.451. The summed E-state index contributed by atoms with van der Waals surface area (Å²) < 4.78 is 5.30. The van der Waals surface area contributed by atoms with Crippen LogP contribution in [0.15, 0.2) is 0 Å². The molecule has 0 radical (unpaired) electrons. The fourth-order valence-electron chi connectivity index (χ4n) is 1.89. The highest BCUT2D eigenvalue weighted by molar-refractivity contribution is 5.68. The van der Waals surface area contributed by atoms with Gasteiger partial charge in [-0.25, -0.2) is 4.79 Å². The predicted octanol–water partition coefficient (Wildman–Crippen LogP) is 2.40. The van der Waals surface area contributed by atoms with Crippen molar-refractivity contribution < 1.29 is 9.53 Å². The molecule has 1 rings (SSSR count). The largest absolute Gasteiger partial charge is 0.444 e. The van der Waals surface area contributed by atoms with E-state index in [2.05, 4.69) is 13.0 Å². The number of amides is 1. The van der Waals surface area contributed by atoms with E-state index in [1.807, 2.05) is 20.8 Å². The molecule has 2 atom stereocenters. The maximum atomic E-state index is 11.8. The van der Waals surface area contributed by atoms with Crippen molar-refractivity contribution in [1.82, 2.24) is 4.90 Å². The summed E-state index contributed by atoms with van der Waals surface area (Å²) in [6.07, 6.45) is 0.250. The molecule has 4 nitrogen and oxygen atoms in total. The second-order valence-electron chi connectivity index (χ2n) is 5.48. The summed E-state index contributed by atoms with van der Waals surface area (Å²) in [5, 5.41) is 8.67. The third kappa shape index (κ3) is 3.41. The van der Waals surface area contributed by atoms with Gasteiger partial charge >= 0.3 is 6.09 Å². The third-order valence-electron chi connectivity index (χ3n) is 2.77. The number of nitriles is 1. The SMILES string of the molecule is C[C@H]1CN(C(=O)OC(C)(C)C)C[C@H]1CC#N. The topological polar surface area (TPSA) is 53.3 Å². The first-order chi connectivity index (χ1) is 7.33. The molecule has 1 aliphatic heterocycles. The molecule has 90 valence electrons. The zero-order valence-corrected chi connectivity index (χ0v) is 10.5. The number of ether oxygens (including phenoxy) is 1. The fourth-order valence-corrected chi connectivity index (χ4v) is 1.89. The Labute approximate surface area is 97.2 Å². The van der Waals surface area contributed by atoms with Gasteiger partial charge in [-0.3, -0.25) is 0 Å². The minimum Gasteiger partial charge on any atom is -0.444 e. The van der Waals surface area contributed by atoms with Crippen LogP contribution in [0.4, 0.5) is 4.79 Å². The summed E-state index contributed by atoms with van der Waals surface area (Å²) in [6.45, 7) is 8.99. The van der Waals surface area contributed by atoms with E-state index < -0.39 is 5.60 Å². The molecule has 1 fully saturated rings. The Morgan fingerprint density at radius 1 is 1.50 bits per heavy atom. The van der Waals surface area contributed by atoms with E-state index in [1.54, 1.807) is 4.90 Å². The zero-order valence-electron chi connectivity index (χ0n) is 10.5. The van der Waals surface area contributed by atoms with Crippen molar-refractivity contribution in [2.45, 2.75) is 39.7 Å². The van der Waals surface area contributed by atoms with Crippen LogP contribution in [0.1, 0.15) is 34.1 Å². The van der Waals surface area contributed by atoms with E-state index in [9.17, 15) is 4.79 Å². The van der Waals surface area contributed by atoms with Crippen LogP contribution in [-0.2, 0) is 4.74 Å². The molecule has 0 aromatic rings. The molecule has 0 aliphatic carbocycles. The predicted molar refractivity (Wildman–Crippen MR) is 60.7 cm³/mol. The van der Waals surface area contributed by atoms with E-state index in [0.717, 1.165) is 0 Å². The number of carbonyl (C=O) groups is 1. The number of nitrogens with zero attached hydrogens (tertiary/aromatic N) is 2. The van der Waals surface area contributed by atoms with Gasteiger partial charge in [-0.15, -0.1) is 0 Å². The van der Waals surface area contributed by atoms with Crippen molar-refractivity contribution in [2.24, 2.45) is 11.8 Å². The molecular formula is C12H20N2O2. The Morgan fingerprint density at radius 3 is 2.62 bits per heavy atom. The Kier molecular flexibility index (Phi) is 3.79. The first-order valence-corrected chi connectivity index (χ1v) is 5.68.